The van der Waals surface area contributed by atoms with Crippen molar-refractivity contribution in [3.05, 3.63) is 65.2 Å². The van der Waals surface area contributed by atoms with E-state index < -0.39 is 0 Å². The lowest BCUT2D eigenvalue weighted by atomic mass is 9.99. The number of aryl methyl sites for hydroxylation is 1. The number of hydrogen-bond donors (Lipinski definition) is 1. The van der Waals surface area contributed by atoms with Gasteiger partial charge in [-0.1, -0.05) is 56.3 Å². The second-order valence-electron chi connectivity index (χ2n) is 5.86. The number of nitrogens with one attached hydrogen (secondary N) is 1. The van der Waals surface area contributed by atoms with Gasteiger partial charge in [-0.25, -0.2) is 0 Å². The van der Waals surface area contributed by atoms with Crippen LogP contribution < -0.4 is 5.32 Å². The quantitative estimate of drug-likeness (QED) is 0.847. The Hall–Kier alpha value is -2.27. The molecule has 2 aromatic rings. The first-order chi connectivity index (χ1) is 10.1. The average molecular weight is 278 g/mol. The van der Waals surface area contributed by atoms with Crippen molar-refractivity contribution in [2.45, 2.75) is 33.2 Å². The van der Waals surface area contributed by atoms with E-state index in [2.05, 4.69) is 49.5 Å². The van der Waals surface area contributed by atoms with Crippen molar-refractivity contribution in [1.29, 1.82) is 5.26 Å². The van der Waals surface area contributed by atoms with Gasteiger partial charge in [0.1, 0.15) is 6.04 Å². The molecule has 0 amide bonds. The number of anilines is 1. The van der Waals surface area contributed by atoms with E-state index in [0.717, 1.165) is 23.2 Å². The predicted octanol–water partition coefficient (Wildman–Crippen LogP) is 4.87. The van der Waals surface area contributed by atoms with Gasteiger partial charge in [-0.15, -0.1) is 0 Å². The highest BCUT2D eigenvalue weighted by molar-refractivity contribution is 5.53. The third-order valence-electron chi connectivity index (χ3n) is 3.53. The highest BCUT2D eigenvalue weighted by atomic mass is 14.9. The van der Waals surface area contributed by atoms with Crippen LogP contribution in [-0.2, 0) is 6.42 Å². The first kappa shape index (κ1) is 15.1. The molecule has 0 aromatic heterocycles. The fourth-order valence-corrected chi connectivity index (χ4v) is 2.40. The Kier molecular flexibility index (Phi) is 5.00. The lowest BCUT2D eigenvalue weighted by Crippen LogP contribution is -2.09. The van der Waals surface area contributed by atoms with Gasteiger partial charge in [0.05, 0.1) is 6.07 Å². The van der Waals surface area contributed by atoms with Gasteiger partial charge in [0.2, 0.25) is 0 Å². The Morgan fingerprint density at radius 3 is 2.29 bits per heavy atom. The molecule has 0 aliphatic rings. The van der Waals surface area contributed by atoms with E-state index in [4.69, 9.17) is 0 Å². The first-order valence-electron chi connectivity index (χ1n) is 7.40. The Morgan fingerprint density at radius 2 is 1.71 bits per heavy atom. The maximum Gasteiger partial charge on any atom is 0.140 e. The van der Waals surface area contributed by atoms with Crippen LogP contribution in [0.3, 0.4) is 0 Å². The summed E-state index contributed by atoms with van der Waals surface area (Å²) in [5.74, 6) is 0.646. The average Bonchev–Trinajstić information content (AvgIpc) is 2.47. The third-order valence-corrected chi connectivity index (χ3v) is 3.53. The van der Waals surface area contributed by atoms with Gasteiger partial charge in [0, 0.05) is 5.69 Å². The van der Waals surface area contributed by atoms with Crippen molar-refractivity contribution < 1.29 is 0 Å². The smallest absolute Gasteiger partial charge is 0.140 e. The fraction of sp³-hybridized carbons (Fsp3) is 0.316. The Labute approximate surface area is 127 Å². The summed E-state index contributed by atoms with van der Waals surface area (Å²) >= 11 is 0. The largest absolute Gasteiger partial charge is 0.366 e. The van der Waals surface area contributed by atoms with Crippen LogP contribution in [0, 0.1) is 24.2 Å². The molecule has 2 rings (SSSR count). The minimum absolute atomic E-state index is 0.320. The van der Waals surface area contributed by atoms with Crippen molar-refractivity contribution in [2.75, 3.05) is 5.32 Å². The Bertz CT molecular complexity index is 621. The molecule has 0 saturated carbocycles. The first-order valence-corrected chi connectivity index (χ1v) is 7.40. The third kappa shape index (κ3) is 4.10. The molecule has 0 radical (unpaired) electrons. The maximum atomic E-state index is 9.43. The van der Waals surface area contributed by atoms with E-state index in [1.54, 1.807) is 0 Å². The molecule has 1 unspecified atom stereocenters. The number of benzene rings is 2. The zero-order valence-electron chi connectivity index (χ0n) is 12.9. The summed E-state index contributed by atoms with van der Waals surface area (Å²) in [6.07, 6.45) is 1.07. The summed E-state index contributed by atoms with van der Waals surface area (Å²) in [5.41, 5.74) is 4.49. The van der Waals surface area contributed by atoms with Crippen LogP contribution in [0.4, 0.5) is 5.69 Å². The minimum atomic E-state index is -0.320. The van der Waals surface area contributed by atoms with Crippen molar-refractivity contribution >= 4 is 5.69 Å². The minimum Gasteiger partial charge on any atom is -0.366 e. The molecule has 0 heterocycles. The Balaban J connectivity index is 2.15. The van der Waals surface area contributed by atoms with E-state index in [0.29, 0.717) is 5.92 Å². The van der Waals surface area contributed by atoms with Gasteiger partial charge in [0.15, 0.2) is 0 Å². The van der Waals surface area contributed by atoms with E-state index in [1.165, 1.54) is 5.56 Å². The van der Waals surface area contributed by atoms with E-state index in [9.17, 15) is 5.26 Å². The molecule has 108 valence electrons. The van der Waals surface area contributed by atoms with E-state index in [-0.39, 0.29) is 6.04 Å². The summed E-state index contributed by atoms with van der Waals surface area (Å²) in [6, 6.07) is 18.4. The molecular formula is C19H22N2. The molecule has 2 aromatic carbocycles. The normalized spacial score (nSPS) is 12.0. The van der Waals surface area contributed by atoms with Crippen molar-refractivity contribution in [3.63, 3.8) is 0 Å². The summed E-state index contributed by atoms with van der Waals surface area (Å²) < 4.78 is 0. The standard InChI is InChI=1S/C19H22N2/c1-14(2)12-16-8-10-17(11-9-16)19(13-20)21-18-7-5-4-6-15(18)3/h4-11,14,19,21H,12H2,1-3H3. The van der Waals surface area contributed by atoms with Crippen molar-refractivity contribution in [2.24, 2.45) is 5.92 Å². The predicted molar refractivity (Wildman–Crippen MR) is 88.1 cm³/mol. The van der Waals surface area contributed by atoms with Crippen LogP contribution in [0.1, 0.15) is 36.6 Å². The van der Waals surface area contributed by atoms with Gasteiger partial charge in [-0.3, -0.25) is 0 Å². The maximum absolute atomic E-state index is 9.43. The summed E-state index contributed by atoms with van der Waals surface area (Å²) in [4.78, 5) is 0. The van der Waals surface area contributed by atoms with Gasteiger partial charge in [-0.05, 0) is 42.0 Å². The fourth-order valence-electron chi connectivity index (χ4n) is 2.40. The molecule has 0 aliphatic heterocycles. The zero-order chi connectivity index (χ0) is 15.2. The molecule has 0 spiro atoms. The molecule has 0 fully saturated rings. The van der Waals surface area contributed by atoms with Crippen LogP contribution in [0.5, 0.6) is 0 Å². The second kappa shape index (κ2) is 6.95. The number of para-hydroxylation sites is 1. The summed E-state index contributed by atoms with van der Waals surface area (Å²) in [6.45, 7) is 6.47. The Morgan fingerprint density at radius 1 is 1.05 bits per heavy atom. The van der Waals surface area contributed by atoms with Crippen molar-refractivity contribution in [3.8, 4) is 6.07 Å². The molecule has 1 N–H and O–H groups in total. The number of nitriles is 1. The highest BCUT2D eigenvalue weighted by Crippen LogP contribution is 2.22. The number of nitrogens with zero attached hydrogens (tertiary/aromatic N) is 1. The van der Waals surface area contributed by atoms with Crippen LogP contribution in [-0.4, -0.2) is 0 Å². The van der Waals surface area contributed by atoms with Crippen LogP contribution >= 0.6 is 0 Å². The van der Waals surface area contributed by atoms with Crippen molar-refractivity contribution in [1.82, 2.24) is 0 Å². The van der Waals surface area contributed by atoms with Gasteiger partial charge >= 0.3 is 0 Å². The zero-order valence-corrected chi connectivity index (χ0v) is 12.9. The molecular weight excluding hydrogens is 256 g/mol. The van der Waals surface area contributed by atoms with Gasteiger partial charge in [-0.2, -0.15) is 5.26 Å². The van der Waals surface area contributed by atoms with Crippen LogP contribution in [0.25, 0.3) is 0 Å². The molecule has 2 nitrogen and oxygen atoms in total. The molecule has 0 bridgehead atoms. The number of hydrogen-bond acceptors (Lipinski definition) is 2. The topological polar surface area (TPSA) is 35.8 Å². The SMILES string of the molecule is Cc1ccccc1NC(C#N)c1ccc(CC(C)C)cc1. The second-order valence-corrected chi connectivity index (χ2v) is 5.86. The molecule has 2 heteroatoms. The number of rotatable bonds is 5. The summed E-state index contributed by atoms with van der Waals surface area (Å²) in [7, 11) is 0. The van der Waals surface area contributed by atoms with E-state index >= 15 is 0 Å². The van der Waals surface area contributed by atoms with Crippen LogP contribution in [0.2, 0.25) is 0 Å². The lowest BCUT2D eigenvalue weighted by molar-refractivity contribution is 0.647. The van der Waals surface area contributed by atoms with Gasteiger partial charge in [0.25, 0.3) is 0 Å². The monoisotopic (exact) mass is 278 g/mol. The molecule has 0 saturated heterocycles. The molecule has 1 atom stereocenters. The van der Waals surface area contributed by atoms with E-state index in [1.807, 2.05) is 31.2 Å². The molecule has 0 aliphatic carbocycles. The summed E-state index contributed by atoms with van der Waals surface area (Å²) in [5, 5.41) is 12.7. The van der Waals surface area contributed by atoms with Crippen LogP contribution in [0.15, 0.2) is 48.5 Å². The highest BCUT2D eigenvalue weighted by Gasteiger charge is 2.11. The lowest BCUT2D eigenvalue weighted by Gasteiger charge is -2.16. The molecule has 21 heavy (non-hydrogen) atoms. The van der Waals surface area contributed by atoms with Gasteiger partial charge < -0.3 is 5.32 Å².